The smallest absolute Gasteiger partial charge is 0.206 e. The van der Waals surface area contributed by atoms with Gasteiger partial charge in [0.1, 0.15) is 5.78 Å². The first kappa shape index (κ1) is 14.1. The summed E-state index contributed by atoms with van der Waals surface area (Å²) in [6, 6.07) is 0. The first-order chi connectivity index (χ1) is 7.31. The summed E-state index contributed by atoms with van der Waals surface area (Å²) in [5, 5.41) is 0. The minimum absolute atomic E-state index is 0.0247. The maximum atomic E-state index is 10.9. The fourth-order valence-electron chi connectivity index (χ4n) is 1.49. The Balaban J connectivity index is 3.07. The second-order valence-electron chi connectivity index (χ2n) is 3.81. The van der Waals surface area contributed by atoms with Crippen LogP contribution in [0.1, 0.15) is 57.8 Å². The summed E-state index contributed by atoms with van der Waals surface area (Å²) < 4.78 is 0. The molecule has 0 bridgehead atoms. The molecule has 0 saturated carbocycles. The van der Waals surface area contributed by atoms with Gasteiger partial charge in [0, 0.05) is 6.42 Å². The normalized spacial score (nSPS) is 9.87. The van der Waals surface area contributed by atoms with Gasteiger partial charge in [-0.25, -0.2) is 0 Å². The molecule has 85 valence electrons. The van der Waals surface area contributed by atoms with E-state index in [0.717, 1.165) is 19.3 Å². The molecule has 2 nitrogen and oxygen atoms in total. The van der Waals surface area contributed by atoms with Crippen molar-refractivity contribution in [3.63, 3.8) is 0 Å². The molecule has 0 aromatic carbocycles. The van der Waals surface area contributed by atoms with E-state index in [1.807, 2.05) is 6.08 Å². The summed E-state index contributed by atoms with van der Waals surface area (Å²) in [4.78, 5) is 20.8. The SMILES string of the molecule is C=CCCCCCCCCC(=O)C[C]=O. The molecular formula is C13H21O2. The lowest BCUT2D eigenvalue weighted by Gasteiger charge is -1.99. The molecule has 0 N–H and O–H groups in total. The molecular weight excluding hydrogens is 188 g/mol. The summed E-state index contributed by atoms with van der Waals surface area (Å²) in [6.45, 7) is 3.68. The molecule has 0 aromatic rings. The van der Waals surface area contributed by atoms with Gasteiger partial charge in [0.05, 0.1) is 6.42 Å². The van der Waals surface area contributed by atoms with Crippen molar-refractivity contribution in [2.45, 2.75) is 57.8 Å². The first-order valence-corrected chi connectivity index (χ1v) is 5.79. The van der Waals surface area contributed by atoms with Crippen molar-refractivity contribution in [1.29, 1.82) is 0 Å². The quantitative estimate of drug-likeness (QED) is 0.297. The van der Waals surface area contributed by atoms with E-state index in [1.54, 1.807) is 6.29 Å². The standard InChI is InChI=1S/C13H21O2/c1-2-3-4-5-6-7-8-9-10-13(15)11-12-14/h2H,1,3-11H2. The Morgan fingerprint density at radius 1 is 1.07 bits per heavy atom. The molecule has 0 amide bonds. The second-order valence-corrected chi connectivity index (χ2v) is 3.81. The van der Waals surface area contributed by atoms with Gasteiger partial charge in [0.2, 0.25) is 6.29 Å². The molecule has 0 fully saturated rings. The number of carbonyl (C=O) groups excluding carboxylic acids is 2. The van der Waals surface area contributed by atoms with Gasteiger partial charge in [-0.05, 0) is 19.3 Å². The number of hydrogen-bond acceptors (Lipinski definition) is 2. The van der Waals surface area contributed by atoms with Gasteiger partial charge in [-0.1, -0.05) is 31.8 Å². The van der Waals surface area contributed by atoms with Crippen LogP contribution in [0.5, 0.6) is 0 Å². The Morgan fingerprint density at radius 2 is 1.67 bits per heavy atom. The third kappa shape index (κ3) is 11.0. The summed E-state index contributed by atoms with van der Waals surface area (Å²) >= 11 is 0. The maximum Gasteiger partial charge on any atom is 0.206 e. The Kier molecular flexibility index (Phi) is 10.5. The van der Waals surface area contributed by atoms with Crippen LogP contribution in [-0.2, 0) is 9.59 Å². The number of Topliss-reactive ketones (excluding diaryl/α,β-unsaturated/α-hetero) is 1. The van der Waals surface area contributed by atoms with Gasteiger partial charge in [-0.3, -0.25) is 9.59 Å². The van der Waals surface area contributed by atoms with E-state index in [1.165, 1.54) is 25.7 Å². The van der Waals surface area contributed by atoms with Crippen LogP contribution in [0.25, 0.3) is 0 Å². The van der Waals surface area contributed by atoms with Crippen LogP contribution < -0.4 is 0 Å². The van der Waals surface area contributed by atoms with Crippen LogP contribution in [-0.4, -0.2) is 12.1 Å². The first-order valence-electron chi connectivity index (χ1n) is 5.79. The van der Waals surface area contributed by atoms with E-state index in [9.17, 15) is 9.59 Å². The van der Waals surface area contributed by atoms with Crippen molar-refractivity contribution in [2.24, 2.45) is 0 Å². The van der Waals surface area contributed by atoms with E-state index in [-0.39, 0.29) is 12.2 Å². The van der Waals surface area contributed by atoms with Crippen LogP contribution in [0.4, 0.5) is 0 Å². The molecule has 0 unspecified atom stereocenters. The van der Waals surface area contributed by atoms with Crippen molar-refractivity contribution in [3.8, 4) is 0 Å². The Hall–Kier alpha value is -0.920. The molecule has 0 atom stereocenters. The molecule has 0 saturated heterocycles. The molecule has 15 heavy (non-hydrogen) atoms. The van der Waals surface area contributed by atoms with Crippen LogP contribution in [0, 0.1) is 0 Å². The zero-order valence-corrected chi connectivity index (χ0v) is 9.46. The Labute approximate surface area is 92.8 Å². The van der Waals surface area contributed by atoms with Crippen LogP contribution in [0.2, 0.25) is 0 Å². The molecule has 0 aromatic heterocycles. The monoisotopic (exact) mass is 209 g/mol. The minimum atomic E-state index is -0.0284. The van der Waals surface area contributed by atoms with Crippen LogP contribution >= 0.6 is 0 Å². The molecule has 0 aliphatic rings. The number of carbonyl (C=O) groups is 1. The summed E-state index contributed by atoms with van der Waals surface area (Å²) in [7, 11) is 0. The lowest BCUT2D eigenvalue weighted by atomic mass is 10.1. The number of unbranched alkanes of at least 4 members (excludes halogenated alkanes) is 6. The molecule has 0 rings (SSSR count). The van der Waals surface area contributed by atoms with Crippen LogP contribution in [0.15, 0.2) is 12.7 Å². The van der Waals surface area contributed by atoms with E-state index < -0.39 is 0 Å². The molecule has 1 radical (unpaired) electrons. The lowest BCUT2D eigenvalue weighted by molar-refractivity contribution is -0.118. The van der Waals surface area contributed by atoms with Crippen molar-refractivity contribution in [1.82, 2.24) is 0 Å². The average molecular weight is 209 g/mol. The summed E-state index contributed by atoms with van der Waals surface area (Å²) in [5.41, 5.74) is 0. The van der Waals surface area contributed by atoms with Crippen molar-refractivity contribution >= 4 is 12.1 Å². The van der Waals surface area contributed by atoms with Gasteiger partial charge in [0.15, 0.2) is 0 Å². The summed E-state index contributed by atoms with van der Waals surface area (Å²) in [5.74, 6) is 0.0247. The molecule has 0 aliphatic carbocycles. The van der Waals surface area contributed by atoms with Crippen LogP contribution in [0.3, 0.4) is 0 Å². The predicted octanol–water partition coefficient (Wildman–Crippen LogP) is 3.36. The number of hydrogen-bond donors (Lipinski definition) is 0. The lowest BCUT2D eigenvalue weighted by Crippen LogP contribution is -1.97. The highest BCUT2D eigenvalue weighted by Gasteiger charge is 2.00. The molecule has 0 heterocycles. The van der Waals surface area contributed by atoms with Gasteiger partial charge >= 0.3 is 0 Å². The number of rotatable bonds is 11. The highest BCUT2D eigenvalue weighted by molar-refractivity contribution is 5.89. The third-order valence-corrected chi connectivity index (χ3v) is 2.38. The minimum Gasteiger partial charge on any atom is -0.299 e. The van der Waals surface area contributed by atoms with Gasteiger partial charge < -0.3 is 0 Å². The molecule has 0 aliphatic heterocycles. The number of ketones is 1. The van der Waals surface area contributed by atoms with E-state index in [0.29, 0.717) is 6.42 Å². The number of allylic oxidation sites excluding steroid dienone is 1. The Bertz CT molecular complexity index is 185. The zero-order chi connectivity index (χ0) is 11.4. The van der Waals surface area contributed by atoms with Gasteiger partial charge in [0.25, 0.3) is 0 Å². The van der Waals surface area contributed by atoms with Gasteiger partial charge in [-0.2, -0.15) is 0 Å². The topological polar surface area (TPSA) is 34.1 Å². The van der Waals surface area contributed by atoms with Gasteiger partial charge in [-0.15, -0.1) is 6.58 Å². The van der Waals surface area contributed by atoms with Crippen molar-refractivity contribution in [3.05, 3.63) is 12.7 Å². The second kappa shape index (κ2) is 11.2. The molecule has 0 spiro atoms. The fraction of sp³-hybridized carbons (Fsp3) is 0.692. The predicted molar refractivity (Wildman–Crippen MR) is 62.5 cm³/mol. The van der Waals surface area contributed by atoms with E-state index in [2.05, 4.69) is 6.58 Å². The zero-order valence-electron chi connectivity index (χ0n) is 9.46. The highest BCUT2D eigenvalue weighted by atomic mass is 16.1. The van der Waals surface area contributed by atoms with Crippen molar-refractivity contribution < 1.29 is 9.59 Å². The largest absolute Gasteiger partial charge is 0.299 e. The van der Waals surface area contributed by atoms with E-state index >= 15 is 0 Å². The highest BCUT2D eigenvalue weighted by Crippen LogP contribution is 2.09. The third-order valence-electron chi connectivity index (χ3n) is 2.38. The molecule has 2 heteroatoms. The van der Waals surface area contributed by atoms with Crippen molar-refractivity contribution in [2.75, 3.05) is 0 Å². The average Bonchev–Trinajstić information content (AvgIpc) is 2.22. The Morgan fingerprint density at radius 3 is 2.27 bits per heavy atom. The maximum absolute atomic E-state index is 10.9. The summed E-state index contributed by atoms with van der Waals surface area (Å²) in [6.07, 6.45) is 12.1. The van der Waals surface area contributed by atoms with E-state index in [4.69, 9.17) is 0 Å². The fourth-order valence-corrected chi connectivity index (χ4v) is 1.49.